The number of hydrogen-bond acceptors (Lipinski definition) is 6. The fourth-order valence-corrected chi connectivity index (χ4v) is 5.31. The van der Waals surface area contributed by atoms with Gasteiger partial charge in [-0.15, -0.1) is 0 Å². The molecule has 1 aliphatic rings. The van der Waals surface area contributed by atoms with Crippen molar-refractivity contribution in [2.45, 2.75) is 88.6 Å². The van der Waals surface area contributed by atoms with Crippen LogP contribution < -0.4 is 20.1 Å². The van der Waals surface area contributed by atoms with Gasteiger partial charge in [-0.2, -0.15) is 26.3 Å². The van der Waals surface area contributed by atoms with Gasteiger partial charge in [-0.3, -0.25) is 0 Å². The maximum atomic E-state index is 12.7. The Morgan fingerprint density at radius 3 is 1.21 bits per heavy atom. The molecule has 0 aromatic rings. The van der Waals surface area contributed by atoms with Crippen LogP contribution in [0.4, 0.5) is 26.3 Å². The van der Waals surface area contributed by atoms with E-state index in [2.05, 4.69) is 10.6 Å². The van der Waals surface area contributed by atoms with Crippen LogP contribution in [-0.4, -0.2) is 65.1 Å². The van der Waals surface area contributed by atoms with E-state index in [1.807, 2.05) is 0 Å². The minimum atomic E-state index is -5.53. The Balaban J connectivity index is 2.83. The third kappa shape index (κ3) is 9.08. The first-order valence-corrected chi connectivity index (χ1v) is 13.9. The van der Waals surface area contributed by atoms with Crippen LogP contribution in [0.5, 0.6) is 0 Å². The van der Waals surface area contributed by atoms with Gasteiger partial charge < -0.3 is 10.6 Å². The normalized spacial score (nSPS) is 22.8. The number of nitrogens with one attached hydrogen (secondary N) is 4. The summed E-state index contributed by atoms with van der Waals surface area (Å²) in [5.41, 5.74) is -10.9. The average molecular weight is 549 g/mol. The average Bonchev–Trinajstić information content (AvgIpc) is 2.66. The molecule has 0 aromatic carbocycles. The van der Waals surface area contributed by atoms with Crippen LogP contribution in [0, 0.1) is 11.8 Å². The quantitative estimate of drug-likeness (QED) is 0.279. The van der Waals surface area contributed by atoms with Crippen LogP contribution in [0.1, 0.15) is 53.4 Å². The molecule has 1 saturated carbocycles. The first-order valence-electron chi connectivity index (χ1n) is 10.9. The molecule has 0 aliphatic heterocycles. The Bertz CT molecular complexity index is 777. The molecular formula is C18H34F6N4O4S2. The van der Waals surface area contributed by atoms with Gasteiger partial charge in [0.25, 0.3) is 0 Å². The number of sulfonamides is 2. The summed E-state index contributed by atoms with van der Waals surface area (Å²) in [4.78, 5) is 0. The van der Waals surface area contributed by atoms with Gasteiger partial charge in [0.1, 0.15) is 0 Å². The second-order valence-corrected chi connectivity index (χ2v) is 12.6. The fourth-order valence-electron chi connectivity index (χ4n) is 3.54. The molecule has 0 spiro atoms. The molecule has 4 N–H and O–H groups in total. The first kappa shape index (κ1) is 31.4. The molecule has 0 saturated heterocycles. The smallest absolute Gasteiger partial charge is 0.311 e. The molecular weight excluding hydrogens is 514 g/mol. The minimum Gasteiger partial charge on any atom is -0.311 e. The Hall–Kier alpha value is -0.680. The summed E-state index contributed by atoms with van der Waals surface area (Å²) in [6, 6.07) is -2.68. The van der Waals surface area contributed by atoms with Crippen molar-refractivity contribution in [3.05, 3.63) is 0 Å². The van der Waals surface area contributed by atoms with E-state index in [1.54, 1.807) is 37.1 Å². The van der Waals surface area contributed by atoms with Crippen molar-refractivity contribution in [1.82, 2.24) is 20.1 Å². The van der Waals surface area contributed by atoms with Crippen molar-refractivity contribution in [1.29, 1.82) is 0 Å². The lowest BCUT2D eigenvalue weighted by atomic mass is 9.89. The van der Waals surface area contributed by atoms with Gasteiger partial charge in [0.05, 0.1) is 0 Å². The highest BCUT2D eigenvalue weighted by atomic mass is 32.2. The van der Waals surface area contributed by atoms with Crippen molar-refractivity contribution >= 4 is 20.0 Å². The van der Waals surface area contributed by atoms with Crippen LogP contribution in [0.15, 0.2) is 0 Å². The van der Waals surface area contributed by atoms with E-state index >= 15 is 0 Å². The molecule has 0 amide bonds. The molecule has 0 aromatic heterocycles. The number of hydrogen-bond donors (Lipinski definition) is 4. The van der Waals surface area contributed by atoms with E-state index in [1.165, 1.54) is 0 Å². The molecule has 0 bridgehead atoms. The highest BCUT2D eigenvalue weighted by molar-refractivity contribution is 7.90. The minimum absolute atomic E-state index is 0.0931. The zero-order chi connectivity index (χ0) is 26.5. The number of rotatable bonds is 12. The number of alkyl halides is 6. The molecule has 1 aliphatic carbocycles. The van der Waals surface area contributed by atoms with E-state index in [0.29, 0.717) is 12.8 Å². The van der Waals surface area contributed by atoms with Gasteiger partial charge in [0.15, 0.2) is 0 Å². The lowest BCUT2D eigenvalue weighted by Gasteiger charge is -2.36. The van der Waals surface area contributed by atoms with E-state index in [4.69, 9.17) is 0 Å². The topological polar surface area (TPSA) is 116 Å². The molecule has 16 heteroatoms. The largest absolute Gasteiger partial charge is 0.511 e. The van der Waals surface area contributed by atoms with Crippen molar-refractivity contribution in [3.63, 3.8) is 0 Å². The second kappa shape index (κ2) is 12.0. The Labute approximate surface area is 197 Å². The summed E-state index contributed by atoms with van der Waals surface area (Å²) in [6.45, 7) is 6.10. The monoisotopic (exact) mass is 548 g/mol. The Morgan fingerprint density at radius 1 is 0.676 bits per heavy atom. The highest BCUT2D eigenvalue weighted by Crippen LogP contribution is 2.25. The van der Waals surface area contributed by atoms with E-state index in [9.17, 15) is 43.2 Å². The van der Waals surface area contributed by atoms with Gasteiger partial charge >= 0.3 is 31.1 Å². The van der Waals surface area contributed by atoms with Crippen LogP contribution in [0.25, 0.3) is 0 Å². The zero-order valence-corrected chi connectivity index (χ0v) is 21.1. The van der Waals surface area contributed by atoms with E-state index in [0.717, 1.165) is 12.8 Å². The Morgan fingerprint density at radius 2 is 0.971 bits per heavy atom. The lowest BCUT2D eigenvalue weighted by Crippen LogP contribution is -2.57. The van der Waals surface area contributed by atoms with Gasteiger partial charge in [-0.05, 0) is 24.7 Å². The molecule has 1 rings (SSSR count). The van der Waals surface area contributed by atoms with Crippen LogP contribution >= 0.6 is 0 Å². The second-order valence-electron chi connectivity index (χ2n) is 9.15. The SMILES string of the molecule is CC(C)[C@@H](CN[C@H]1CCCC[C@@H]1NC[C@@H](NS(=O)(=O)C(F)(F)F)C(C)C)NS(=O)(=O)C(F)(F)F. The van der Waals surface area contributed by atoms with Gasteiger partial charge in [-0.1, -0.05) is 40.5 Å². The maximum Gasteiger partial charge on any atom is 0.511 e. The third-order valence-electron chi connectivity index (χ3n) is 5.80. The predicted octanol–water partition coefficient (Wildman–Crippen LogP) is 2.40. The van der Waals surface area contributed by atoms with Crippen molar-refractivity contribution < 1.29 is 43.2 Å². The molecule has 4 atom stereocenters. The first-order chi connectivity index (χ1) is 15.3. The fraction of sp³-hybridized carbons (Fsp3) is 1.00. The van der Waals surface area contributed by atoms with Crippen molar-refractivity contribution in [2.75, 3.05) is 13.1 Å². The summed E-state index contributed by atoms with van der Waals surface area (Å²) in [6.07, 6.45) is 2.81. The summed E-state index contributed by atoms with van der Waals surface area (Å²) in [5.74, 6) is -0.913. The molecule has 34 heavy (non-hydrogen) atoms. The van der Waals surface area contributed by atoms with Crippen LogP contribution in [0.2, 0.25) is 0 Å². The maximum absolute atomic E-state index is 12.7. The molecule has 1 fully saturated rings. The van der Waals surface area contributed by atoms with E-state index < -0.39 is 55.0 Å². The lowest BCUT2D eigenvalue weighted by molar-refractivity contribution is -0.0458. The Kier molecular flexibility index (Phi) is 11.1. The standard InChI is InChI=1S/C18H34F6N4O4S2/c1-11(2)15(27-33(29,30)17(19,20)21)9-25-13-7-5-6-8-14(13)26-10-16(12(3)4)28-34(31,32)18(22,23)24/h11-16,25-28H,5-10H2,1-4H3/t13-,14-,15+,16+/m0/s1. The summed E-state index contributed by atoms with van der Waals surface area (Å²) in [5, 5.41) is 6.15. The summed E-state index contributed by atoms with van der Waals surface area (Å²) in [7, 11) is -11.1. The van der Waals surface area contributed by atoms with Crippen LogP contribution in [0.3, 0.4) is 0 Å². The zero-order valence-electron chi connectivity index (χ0n) is 19.4. The van der Waals surface area contributed by atoms with Crippen molar-refractivity contribution in [2.24, 2.45) is 11.8 Å². The number of halogens is 6. The molecule has 0 unspecified atom stereocenters. The summed E-state index contributed by atoms with van der Waals surface area (Å²) < 4.78 is 126. The highest BCUT2D eigenvalue weighted by Gasteiger charge is 2.48. The summed E-state index contributed by atoms with van der Waals surface area (Å²) >= 11 is 0. The van der Waals surface area contributed by atoms with Crippen LogP contribution in [-0.2, 0) is 20.0 Å². The molecule has 0 radical (unpaired) electrons. The van der Waals surface area contributed by atoms with Gasteiger partial charge in [0.2, 0.25) is 0 Å². The third-order valence-corrected chi connectivity index (χ3v) is 8.24. The molecule has 0 heterocycles. The molecule has 8 nitrogen and oxygen atoms in total. The van der Waals surface area contributed by atoms with Gasteiger partial charge in [-0.25, -0.2) is 26.3 Å². The van der Waals surface area contributed by atoms with Gasteiger partial charge in [0, 0.05) is 37.3 Å². The molecule has 204 valence electrons. The van der Waals surface area contributed by atoms with E-state index in [-0.39, 0.29) is 25.2 Å². The predicted molar refractivity (Wildman–Crippen MR) is 116 cm³/mol. The van der Waals surface area contributed by atoms with Crippen molar-refractivity contribution in [3.8, 4) is 0 Å².